The Morgan fingerprint density at radius 1 is 0.554 bits per heavy atom. The Kier molecular flexibility index (Phi) is 37.1. The summed E-state index contributed by atoms with van der Waals surface area (Å²) in [6.07, 6.45) is 44.5. The first-order chi connectivity index (χ1) is 27.1. The second kappa shape index (κ2) is 39.0. The molecule has 0 aliphatic rings. The predicted molar refractivity (Wildman–Crippen MR) is 226 cm³/mol. The molecule has 0 aliphatic carbocycles. The van der Waals surface area contributed by atoms with Gasteiger partial charge in [-0.25, -0.2) is 4.57 Å². The highest BCUT2D eigenvalue weighted by Crippen LogP contribution is 2.43. The number of phosphoric ester groups is 1. The van der Waals surface area contributed by atoms with Crippen LogP contribution in [0.5, 0.6) is 0 Å². The van der Waals surface area contributed by atoms with E-state index in [4.69, 9.17) is 24.8 Å². The lowest BCUT2D eigenvalue weighted by Gasteiger charge is -2.20. The molecule has 0 saturated carbocycles. The van der Waals surface area contributed by atoms with Crippen molar-refractivity contribution >= 4 is 25.7 Å². The molecule has 0 rings (SSSR count). The van der Waals surface area contributed by atoms with E-state index in [1.54, 1.807) is 0 Å². The van der Waals surface area contributed by atoms with Crippen LogP contribution < -0.4 is 5.73 Å². The summed E-state index contributed by atoms with van der Waals surface area (Å²) in [5.74, 6) is -2.47. The maximum Gasteiger partial charge on any atom is 0.472 e. The first-order valence-corrected chi connectivity index (χ1v) is 22.8. The van der Waals surface area contributed by atoms with Crippen molar-refractivity contribution in [3.05, 3.63) is 60.8 Å². The molecule has 322 valence electrons. The van der Waals surface area contributed by atoms with Crippen molar-refractivity contribution in [3.8, 4) is 0 Å². The molecule has 0 aromatic heterocycles. The van der Waals surface area contributed by atoms with Crippen LogP contribution in [-0.2, 0) is 37.5 Å². The number of carbonyl (C=O) groups is 3. The Hall–Kier alpha value is -2.82. The lowest BCUT2D eigenvalue weighted by atomic mass is 10.1. The van der Waals surface area contributed by atoms with Crippen molar-refractivity contribution in [3.63, 3.8) is 0 Å². The minimum absolute atomic E-state index is 0.136. The van der Waals surface area contributed by atoms with E-state index >= 15 is 0 Å². The van der Waals surface area contributed by atoms with Crippen molar-refractivity contribution in [1.29, 1.82) is 0 Å². The number of phosphoric acid groups is 1. The standard InChI is InChI=1S/C44H76NO10P/c1-3-5-7-9-11-13-15-16-17-18-19-20-21-22-23-24-26-27-29-31-33-35-42(46)52-37-40(38-53-56(50,51)54-39-41(45)44(48)49)55-43(47)36-34-32-30-28-25-14-12-10-8-6-4-2/h10,12,17-18,20-21,23-24,27,29,40-41H,3-9,11,13-16,19,22,25-26,28,30-39,45H2,1-2H3,(H,48,49)(H,50,51)/b12-10+,18-17+,21-20+,24-23+,29-27+/t40-,41-/m0/s1. The Morgan fingerprint density at radius 2 is 0.982 bits per heavy atom. The van der Waals surface area contributed by atoms with E-state index in [0.29, 0.717) is 19.3 Å². The summed E-state index contributed by atoms with van der Waals surface area (Å²) >= 11 is 0. The molecule has 3 atom stereocenters. The Bertz CT molecular complexity index is 1180. The number of unbranched alkanes of at least 4 members (excludes halogenated alkanes) is 15. The van der Waals surface area contributed by atoms with Crippen molar-refractivity contribution in [2.45, 2.75) is 180 Å². The molecule has 0 fully saturated rings. The highest BCUT2D eigenvalue weighted by Gasteiger charge is 2.28. The minimum atomic E-state index is -4.73. The van der Waals surface area contributed by atoms with Crippen LogP contribution in [0.1, 0.15) is 168 Å². The predicted octanol–water partition coefficient (Wildman–Crippen LogP) is 11.2. The molecule has 0 saturated heterocycles. The fourth-order valence-corrected chi connectivity index (χ4v) is 6.11. The topological polar surface area (TPSA) is 172 Å². The largest absolute Gasteiger partial charge is 0.480 e. The van der Waals surface area contributed by atoms with Crippen LogP contribution in [0, 0.1) is 0 Å². The Balaban J connectivity index is 4.43. The van der Waals surface area contributed by atoms with Crippen molar-refractivity contribution in [2.24, 2.45) is 5.73 Å². The van der Waals surface area contributed by atoms with Gasteiger partial charge in [-0.2, -0.15) is 0 Å². The zero-order valence-electron chi connectivity index (χ0n) is 34.7. The van der Waals surface area contributed by atoms with Gasteiger partial charge in [-0.15, -0.1) is 0 Å². The highest BCUT2D eigenvalue weighted by molar-refractivity contribution is 7.47. The fraction of sp³-hybridized carbons (Fsp3) is 0.705. The third-order valence-corrected chi connectivity index (χ3v) is 9.69. The lowest BCUT2D eigenvalue weighted by molar-refractivity contribution is -0.161. The summed E-state index contributed by atoms with van der Waals surface area (Å²) in [5.41, 5.74) is 5.32. The van der Waals surface area contributed by atoms with E-state index in [0.717, 1.165) is 57.8 Å². The molecule has 1 unspecified atom stereocenters. The third-order valence-electron chi connectivity index (χ3n) is 8.74. The number of hydrogen-bond donors (Lipinski definition) is 3. The van der Waals surface area contributed by atoms with Gasteiger partial charge in [0.1, 0.15) is 12.6 Å². The van der Waals surface area contributed by atoms with Crippen molar-refractivity contribution < 1.29 is 47.5 Å². The molecule has 0 aliphatic heterocycles. The zero-order valence-corrected chi connectivity index (χ0v) is 35.6. The van der Waals surface area contributed by atoms with E-state index in [-0.39, 0.29) is 19.4 Å². The lowest BCUT2D eigenvalue weighted by Crippen LogP contribution is -2.34. The smallest absolute Gasteiger partial charge is 0.472 e. The summed E-state index contributed by atoms with van der Waals surface area (Å²) in [5, 5.41) is 8.87. The van der Waals surface area contributed by atoms with Crippen LogP contribution in [0.2, 0.25) is 0 Å². The molecule has 0 aromatic carbocycles. The molecule has 0 radical (unpaired) electrons. The van der Waals surface area contributed by atoms with Gasteiger partial charge in [0.05, 0.1) is 13.2 Å². The van der Waals surface area contributed by atoms with Gasteiger partial charge in [0.25, 0.3) is 0 Å². The number of hydrogen-bond acceptors (Lipinski definition) is 9. The molecular formula is C44H76NO10P. The quantitative estimate of drug-likeness (QED) is 0.0233. The number of carboxylic acid groups (broad SMARTS) is 1. The average molecular weight is 810 g/mol. The van der Waals surface area contributed by atoms with Crippen LogP contribution in [0.15, 0.2) is 60.8 Å². The number of ether oxygens (including phenoxy) is 2. The molecule has 0 aromatic rings. The van der Waals surface area contributed by atoms with Gasteiger partial charge in [0.15, 0.2) is 6.10 Å². The van der Waals surface area contributed by atoms with Crippen LogP contribution in [0.4, 0.5) is 0 Å². The first-order valence-electron chi connectivity index (χ1n) is 21.3. The van der Waals surface area contributed by atoms with E-state index in [2.05, 4.69) is 73.1 Å². The maximum absolute atomic E-state index is 12.6. The van der Waals surface area contributed by atoms with Gasteiger partial charge in [-0.05, 0) is 70.6 Å². The number of esters is 2. The Labute approximate surface area is 338 Å². The second-order valence-electron chi connectivity index (χ2n) is 14.1. The monoisotopic (exact) mass is 810 g/mol. The third kappa shape index (κ3) is 38.1. The fourth-order valence-electron chi connectivity index (χ4n) is 5.33. The van der Waals surface area contributed by atoms with Crippen LogP contribution >= 0.6 is 7.82 Å². The second-order valence-corrected chi connectivity index (χ2v) is 15.6. The number of nitrogens with two attached hydrogens (primary N) is 1. The summed E-state index contributed by atoms with van der Waals surface area (Å²) < 4.78 is 32.5. The van der Waals surface area contributed by atoms with Gasteiger partial charge in [0.2, 0.25) is 0 Å². The summed E-state index contributed by atoms with van der Waals surface area (Å²) in [6.45, 7) is 2.68. The van der Waals surface area contributed by atoms with E-state index < -0.39 is 51.1 Å². The Morgan fingerprint density at radius 3 is 1.54 bits per heavy atom. The average Bonchev–Trinajstić information content (AvgIpc) is 3.17. The maximum atomic E-state index is 12.6. The van der Waals surface area contributed by atoms with Crippen LogP contribution in [0.25, 0.3) is 0 Å². The van der Waals surface area contributed by atoms with E-state index in [9.17, 15) is 23.8 Å². The van der Waals surface area contributed by atoms with Gasteiger partial charge in [0, 0.05) is 12.8 Å². The molecule has 0 bridgehead atoms. The van der Waals surface area contributed by atoms with Crippen molar-refractivity contribution in [1.82, 2.24) is 0 Å². The summed E-state index contributed by atoms with van der Waals surface area (Å²) in [4.78, 5) is 45.8. The minimum Gasteiger partial charge on any atom is -0.480 e. The molecule has 11 nitrogen and oxygen atoms in total. The summed E-state index contributed by atoms with van der Waals surface area (Å²) in [6, 6.07) is -1.53. The molecule has 4 N–H and O–H groups in total. The molecule has 0 spiro atoms. The normalized spacial score (nSPS) is 14.4. The molecule has 0 amide bonds. The molecular weight excluding hydrogens is 733 g/mol. The van der Waals surface area contributed by atoms with Crippen molar-refractivity contribution in [2.75, 3.05) is 19.8 Å². The van der Waals surface area contributed by atoms with Crippen LogP contribution in [0.3, 0.4) is 0 Å². The van der Waals surface area contributed by atoms with Gasteiger partial charge >= 0.3 is 25.7 Å². The highest BCUT2D eigenvalue weighted by atomic mass is 31.2. The zero-order chi connectivity index (χ0) is 41.4. The molecule has 12 heteroatoms. The van der Waals surface area contributed by atoms with Gasteiger partial charge < -0.3 is 25.2 Å². The van der Waals surface area contributed by atoms with E-state index in [1.165, 1.54) is 64.2 Å². The summed E-state index contributed by atoms with van der Waals surface area (Å²) in [7, 11) is -4.73. The number of carboxylic acids is 1. The van der Waals surface area contributed by atoms with Gasteiger partial charge in [-0.1, -0.05) is 145 Å². The van der Waals surface area contributed by atoms with Crippen LogP contribution in [-0.4, -0.2) is 59.9 Å². The number of aliphatic carboxylic acids is 1. The number of allylic oxidation sites excluding steroid dienone is 10. The van der Waals surface area contributed by atoms with Gasteiger partial charge in [-0.3, -0.25) is 23.4 Å². The number of rotatable bonds is 39. The van der Waals surface area contributed by atoms with E-state index in [1.807, 2.05) is 6.08 Å². The molecule has 0 heterocycles. The number of carbonyl (C=O) groups excluding carboxylic acids is 2. The first kappa shape index (κ1) is 53.2. The SMILES string of the molecule is CCCC/C=C/CCCCCCCC(=O)O[C@@H](COC(=O)CCC/C=C/C/C=C/C/C=C/C/C=C/CCCCCCCCC)COP(=O)(O)OC[C@H](N)C(=O)O. The molecule has 56 heavy (non-hydrogen) atoms.